The van der Waals surface area contributed by atoms with E-state index in [4.69, 9.17) is 14.8 Å². The number of carbonyl (C=O) groups excluding carboxylic acids is 1. The molecule has 0 bridgehead atoms. The fourth-order valence-electron chi connectivity index (χ4n) is 4.35. The number of hydrogen-bond donors (Lipinski definition) is 0. The van der Waals surface area contributed by atoms with Gasteiger partial charge in [0, 0.05) is 36.8 Å². The van der Waals surface area contributed by atoms with Gasteiger partial charge >= 0.3 is 0 Å². The van der Waals surface area contributed by atoms with Crippen LogP contribution in [-0.4, -0.2) is 64.6 Å². The molecule has 0 saturated heterocycles. The molecule has 0 atom stereocenters. The summed E-state index contributed by atoms with van der Waals surface area (Å²) in [7, 11) is 5.66. The molecule has 192 valence electrons. The van der Waals surface area contributed by atoms with Crippen LogP contribution in [0, 0.1) is 0 Å². The van der Waals surface area contributed by atoms with Crippen molar-refractivity contribution in [2.45, 2.75) is 6.54 Å². The lowest BCUT2D eigenvalue weighted by molar-refractivity contribution is 0.0723. The Bertz CT molecular complexity index is 1530. The molecule has 5 rings (SSSR count). The zero-order valence-electron chi connectivity index (χ0n) is 21.9. The maximum Gasteiger partial charge on any atom is 0.273 e. The molecule has 38 heavy (non-hydrogen) atoms. The number of hydrogen-bond acceptors (Lipinski definition) is 5. The molecule has 3 aromatic carbocycles. The van der Waals surface area contributed by atoms with Gasteiger partial charge in [0.05, 0.1) is 18.5 Å². The molecular weight excluding hydrogens is 474 g/mol. The smallest absolute Gasteiger partial charge is 0.273 e. The van der Waals surface area contributed by atoms with E-state index >= 15 is 0 Å². The second-order valence-electron chi connectivity index (χ2n) is 9.44. The first kappa shape index (κ1) is 25.2. The van der Waals surface area contributed by atoms with Gasteiger partial charge in [-0.2, -0.15) is 5.10 Å². The summed E-state index contributed by atoms with van der Waals surface area (Å²) in [6.07, 6.45) is 0. The molecule has 0 radical (unpaired) electrons. The second kappa shape index (κ2) is 11.3. The third-order valence-corrected chi connectivity index (χ3v) is 6.40. The zero-order valence-corrected chi connectivity index (χ0v) is 21.9. The topological polar surface area (TPSA) is 63.0 Å². The molecule has 0 fully saturated rings. The highest BCUT2D eigenvalue weighted by molar-refractivity contribution is 5.94. The SMILES string of the molecule is COc1cccc(-c2cc(C(=O)N(CCN(C)C)Cc3ccccc3)n3nc(-c4ccccc4)cc3n2)c1. The van der Waals surface area contributed by atoms with Crippen molar-refractivity contribution in [1.29, 1.82) is 0 Å². The predicted octanol–water partition coefficient (Wildman–Crippen LogP) is 5.28. The van der Waals surface area contributed by atoms with Crippen LogP contribution in [0.25, 0.3) is 28.2 Å². The van der Waals surface area contributed by atoms with Gasteiger partial charge in [0.25, 0.3) is 5.91 Å². The van der Waals surface area contributed by atoms with Crippen molar-refractivity contribution in [3.8, 4) is 28.3 Å². The van der Waals surface area contributed by atoms with Gasteiger partial charge in [-0.3, -0.25) is 4.79 Å². The van der Waals surface area contributed by atoms with E-state index in [9.17, 15) is 4.79 Å². The molecule has 1 amide bonds. The monoisotopic (exact) mass is 505 g/mol. The minimum Gasteiger partial charge on any atom is -0.497 e. The summed E-state index contributed by atoms with van der Waals surface area (Å²) in [6, 6.07) is 31.5. The number of fused-ring (bicyclic) bond motifs is 1. The third-order valence-electron chi connectivity index (χ3n) is 6.40. The van der Waals surface area contributed by atoms with Gasteiger partial charge in [-0.25, -0.2) is 9.50 Å². The van der Waals surface area contributed by atoms with Gasteiger partial charge in [0.2, 0.25) is 0 Å². The molecule has 0 N–H and O–H groups in total. The minimum absolute atomic E-state index is 0.102. The maximum absolute atomic E-state index is 14.2. The second-order valence-corrected chi connectivity index (χ2v) is 9.44. The molecule has 0 aliphatic heterocycles. The third kappa shape index (κ3) is 5.58. The summed E-state index contributed by atoms with van der Waals surface area (Å²) in [5.74, 6) is 0.627. The largest absolute Gasteiger partial charge is 0.497 e. The Balaban J connectivity index is 1.63. The van der Waals surface area contributed by atoms with E-state index in [1.54, 1.807) is 11.6 Å². The summed E-state index contributed by atoms with van der Waals surface area (Å²) in [4.78, 5) is 23.1. The molecule has 7 nitrogen and oxygen atoms in total. The van der Waals surface area contributed by atoms with Gasteiger partial charge < -0.3 is 14.5 Å². The first-order valence-electron chi connectivity index (χ1n) is 12.6. The van der Waals surface area contributed by atoms with E-state index in [1.165, 1.54) is 0 Å². The Kier molecular flexibility index (Phi) is 7.47. The molecule has 0 aliphatic rings. The molecule has 0 saturated carbocycles. The number of amides is 1. The number of methoxy groups -OCH3 is 1. The Morgan fingerprint density at radius 3 is 2.24 bits per heavy atom. The highest BCUT2D eigenvalue weighted by atomic mass is 16.5. The highest BCUT2D eigenvalue weighted by Crippen LogP contribution is 2.27. The number of benzene rings is 3. The summed E-state index contributed by atoms with van der Waals surface area (Å²) in [5, 5.41) is 4.83. The summed E-state index contributed by atoms with van der Waals surface area (Å²) in [5.41, 5.74) is 5.43. The van der Waals surface area contributed by atoms with Gasteiger partial charge in [0.15, 0.2) is 5.65 Å². The van der Waals surface area contributed by atoms with Crippen LogP contribution in [0.5, 0.6) is 5.75 Å². The molecule has 0 spiro atoms. The van der Waals surface area contributed by atoms with Crippen LogP contribution < -0.4 is 4.74 Å². The standard InChI is InChI=1S/C31H31N5O2/c1-34(2)17-18-35(22-23-11-6-4-7-12-23)31(37)29-20-27(25-15-10-16-26(19-25)38-3)32-30-21-28(33-36(29)30)24-13-8-5-9-14-24/h4-16,19-21H,17-18,22H2,1-3H3. The average Bonchev–Trinajstić information content (AvgIpc) is 3.40. The van der Waals surface area contributed by atoms with E-state index < -0.39 is 0 Å². The maximum atomic E-state index is 14.2. The summed E-state index contributed by atoms with van der Waals surface area (Å²) >= 11 is 0. The van der Waals surface area contributed by atoms with Crippen LogP contribution in [0.1, 0.15) is 16.1 Å². The van der Waals surface area contributed by atoms with Crippen LogP contribution in [0.3, 0.4) is 0 Å². The summed E-state index contributed by atoms with van der Waals surface area (Å²) in [6.45, 7) is 1.81. The summed E-state index contributed by atoms with van der Waals surface area (Å²) < 4.78 is 7.11. The number of likely N-dealkylation sites (N-methyl/N-ethyl adjacent to an activating group) is 1. The quantitative estimate of drug-likeness (QED) is 0.273. The van der Waals surface area contributed by atoms with Gasteiger partial charge in [-0.1, -0.05) is 72.8 Å². The number of nitrogens with zero attached hydrogens (tertiary/aromatic N) is 5. The van der Waals surface area contributed by atoms with E-state index in [0.29, 0.717) is 30.1 Å². The van der Waals surface area contributed by atoms with Gasteiger partial charge in [0.1, 0.15) is 11.4 Å². The highest BCUT2D eigenvalue weighted by Gasteiger charge is 2.23. The van der Waals surface area contributed by atoms with Crippen LogP contribution in [0.15, 0.2) is 97.1 Å². The first-order chi connectivity index (χ1) is 18.5. The molecular formula is C31H31N5O2. The normalized spacial score (nSPS) is 11.2. The average molecular weight is 506 g/mol. The Hall–Kier alpha value is -4.49. The van der Waals surface area contributed by atoms with Crippen molar-refractivity contribution < 1.29 is 9.53 Å². The van der Waals surface area contributed by atoms with Crippen molar-refractivity contribution in [1.82, 2.24) is 24.4 Å². The molecule has 0 aliphatic carbocycles. The van der Waals surface area contributed by atoms with Gasteiger partial charge in [-0.15, -0.1) is 0 Å². The predicted molar refractivity (Wildman–Crippen MR) is 150 cm³/mol. The fourth-order valence-corrected chi connectivity index (χ4v) is 4.35. The van der Waals surface area contributed by atoms with Crippen LogP contribution in [-0.2, 0) is 6.54 Å². The Morgan fingerprint density at radius 1 is 0.816 bits per heavy atom. The number of aromatic nitrogens is 3. The van der Waals surface area contributed by atoms with Crippen LogP contribution in [0.2, 0.25) is 0 Å². The molecule has 5 aromatic rings. The van der Waals surface area contributed by atoms with Crippen molar-refractivity contribution >= 4 is 11.6 Å². The number of carbonyl (C=O) groups is 1. The molecule has 0 unspecified atom stereocenters. The van der Waals surface area contributed by atoms with Crippen molar-refractivity contribution in [2.24, 2.45) is 0 Å². The van der Waals surface area contributed by atoms with Crippen molar-refractivity contribution in [2.75, 3.05) is 34.3 Å². The van der Waals surface area contributed by atoms with Crippen LogP contribution in [0.4, 0.5) is 0 Å². The fraction of sp³-hybridized carbons (Fsp3) is 0.194. The van der Waals surface area contributed by atoms with E-state index in [0.717, 1.165) is 34.7 Å². The first-order valence-corrected chi connectivity index (χ1v) is 12.6. The lowest BCUT2D eigenvalue weighted by Gasteiger charge is -2.25. The number of rotatable bonds is 9. The molecule has 2 aromatic heterocycles. The van der Waals surface area contributed by atoms with Crippen molar-refractivity contribution in [3.63, 3.8) is 0 Å². The lowest BCUT2D eigenvalue weighted by Crippen LogP contribution is -2.37. The zero-order chi connectivity index (χ0) is 26.5. The minimum atomic E-state index is -0.102. The van der Waals surface area contributed by atoms with E-state index in [-0.39, 0.29) is 5.91 Å². The molecule has 2 heterocycles. The van der Waals surface area contributed by atoms with E-state index in [1.807, 2.05) is 116 Å². The van der Waals surface area contributed by atoms with Gasteiger partial charge in [-0.05, 0) is 37.9 Å². The lowest BCUT2D eigenvalue weighted by atomic mass is 10.1. The van der Waals surface area contributed by atoms with Crippen molar-refractivity contribution in [3.05, 3.63) is 108 Å². The van der Waals surface area contributed by atoms with Crippen LogP contribution >= 0.6 is 0 Å². The Morgan fingerprint density at radius 2 is 1.53 bits per heavy atom. The number of ether oxygens (including phenoxy) is 1. The van der Waals surface area contributed by atoms with E-state index in [2.05, 4.69) is 4.90 Å². The Labute approximate surface area is 222 Å². The molecule has 7 heteroatoms.